The quantitative estimate of drug-likeness (QED) is 0.677. The van der Waals surface area contributed by atoms with E-state index in [2.05, 4.69) is 22.0 Å². The van der Waals surface area contributed by atoms with Crippen LogP contribution in [0.5, 0.6) is 11.5 Å². The molecule has 108 valence electrons. The van der Waals surface area contributed by atoms with E-state index in [9.17, 15) is 0 Å². The van der Waals surface area contributed by atoms with Gasteiger partial charge >= 0.3 is 0 Å². The lowest BCUT2D eigenvalue weighted by Gasteiger charge is -2.11. The zero-order valence-electron chi connectivity index (χ0n) is 11.0. The first-order valence-electron chi connectivity index (χ1n) is 5.89. The summed E-state index contributed by atoms with van der Waals surface area (Å²) in [5, 5.41) is 9.93. The molecule has 0 unspecified atom stereocenters. The molecule has 2 rings (SSSR count). The number of halogens is 3. The zero-order valence-corrected chi connectivity index (χ0v) is 14.1. The van der Waals surface area contributed by atoms with Gasteiger partial charge in [-0.3, -0.25) is 0 Å². The third-order valence-electron chi connectivity index (χ3n) is 2.76. The van der Waals surface area contributed by atoms with Crippen molar-refractivity contribution in [3.8, 4) is 17.6 Å². The van der Waals surface area contributed by atoms with Crippen molar-refractivity contribution in [3.63, 3.8) is 0 Å². The fourth-order valence-corrected chi connectivity index (χ4v) is 2.54. The maximum atomic E-state index is 8.94. The van der Waals surface area contributed by atoms with E-state index in [1.54, 1.807) is 30.3 Å². The van der Waals surface area contributed by atoms with Crippen molar-refractivity contribution in [3.05, 3.63) is 56.0 Å². The van der Waals surface area contributed by atoms with Gasteiger partial charge in [0.2, 0.25) is 0 Å². The van der Waals surface area contributed by atoms with E-state index in [1.807, 2.05) is 0 Å². The van der Waals surface area contributed by atoms with Crippen molar-refractivity contribution >= 4 is 39.1 Å². The Kier molecular flexibility index (Phi) is 5.35. The van der Waals surface area contributed by atoms with Crippen LogP contribution >= 0.6 is 39.1 Å². The average molecular weight is 387 g/mol. The summed E-state index contributed by atoms with van der Waals surface area (Å²) in [5.41, 5.74) is 1.34. The highest BCUT2D eigenvalue weighted by molar-refractivity contribution is 9.10. The van der Waals surface area contributed by atoms with Crippen LogP contribution in [0.15, 0.2) is 34.8 Å². The van der Waals surface area contributed by atoms with Crippen molar-refractivity contribution in [2.24, 2.45) is 0 Å². The molecule has 0 atom stereocenters. The Labute approximate surface area is 141 Å². The van der Waals surface area contributed by atoms with E-state index in [1.165, 1.54) is 7.11 Å². The minimum atomic E-state index is 0.291. The number of hydrogen-bond acceptors (Lipinski definition) is 3. The van der Waals surface area contributed by atoms with Crippen LogP contribution < -0.4 is 9.47 Å². The number of benzene rings is 2. The van der Waals surface area contributed by atoms with Crippen molar-refractivity contribution in [2.75, 3.05) is 7.11 Å². The van der Waals surface area contributed by atoms with Crippen molar-refractivity contribution in [1.82, 2.24) is 0 Å². The van der Waals surface area contributed by atoms with Crippen molar-refractivity contribution in [1.29, 1.82) is 5.26 Å². The molecule has 0 fully saturated rings. The molecule has 21 heavy (non-hydrogen) atoms. The lowest BCUT2D eigenvalue weighted by atomic mass is 10.1. The second kappa shape index (κ2) is 7.04. The summed E-state index contributed by atoms with van der Waals surface area (Å²) in [4.78, 5) is 0. The molecular formula is C15H10BrCl2NO2. The van der Waals surface area contributed by atoms with Gasteiger partial charge in [0.1, 0.15) is 24.2 Å². The molecule has 2 aromatic rings. The van der Waals surface area contributed by atoms with Crippen molar-refractivity contribution < 1.29 is 9.47 Å². The van der Waals surface area contributed by atoms with Gasteiger partial charge in [-0.05, 0) is 39.7 Å². The maximum absolute atomic E-state index is 8.94. The van der Waals surface area contributed by atoms with Crippen LogP contribution in [-0.4, -0.2) is 7.11 Å². The number of hydrogen-bond donors (Lipinski definition) is 0. The van der Waals surface area contributed by atoms with Gasteiger partial charge in [-0.2, -0.15) is 5.26 Å². The number of nitriles is 1. The Morgan fingerprint density at radius 3 is 2.57 bits per heavy atom. The van der Waals surface area contributed by atoms with Crippen LogP contribution in [0.1, 0.15) is 11.1 Å². The summed E-state index contributed by atoms with van der Waals surface area (Å²) in [6.07, 6.45) is 0. The first-order valence-corrected chi connectivity index (χ1v) is 7.44. The molecule has 0 aliphatic carbocycles. The zero-order chi connectivity index (χ0) is 15.4. The molecule has 6 heteroatoms. The fraction of sp³-hybridized carbons (Fsp3) is 0.133. The molecule has 0 aliphatic rings. The minimum Gasteiger partial charge on any atom is -0.495 e. The average Bonchev–Trinajstić information content (AvgIpc) is 2.49. The first-order chi connectivity index (χ1) is 10.0. The summed E-state index contributed by atoms with van der Waals surface area (Å²) >= 11 is 15.4. The third-order valence-corrected chi connectivity index (χ3v) is 4.25. The van der Waals surface area contributed by atoms with E-state index < -0.39 is 0 Å². The molecule has 2 aromatic carbocycles. The Hall–Kier alpha value is -1.41. The Balaban J connectivity index is 2.17. The van der Waals surface area contributed by atoms with Crippen LogP contribution in [0, 0.1) is 11.3 Å². The van der Waals surface area contributed by atoms with E-state index in [-0.39, 0.29) is 0 Å². The maximum Gasteiger partial charge on any atom is 0.139 e. The Morgan fingerprint density at radius 1 is 1.14 bits per heavy atom. The van der Waals surface area contributed by atoms with Gasteiger partial charge in [0.25, 0.3) is 0 Å². The SMILES string of the molecule is COc1cc(COc2cc(Cl)c(Br)cc2Cl)ccc1C#N. The summed E-state index contributed by atoms with van der Waals surface area (Å²) < 4.78 is 11.5. The topological polar surface area (TPSA) is 42.2 Å². The third kappa shape index (κ3) is 3.82. The van der Waals surface area contributed by atoms with Gasteiger partial charge in [-0.1, -0.05) is 29.3 Å². The van der Waals surface area contributed by atoms with E-state index in [0.717, 1.165) is 5.56 Å². The molecule has 0 radical (unpaired) electrons. The van der Waals surface area contributed by atoms with E-state index >= 15 is 0 Å². The van der Waals surface area contributed by atoms with E-state index in [0.29, 0.717) is 38.2 Å². The predicted molar refractivity (Wildman–Crippen MR) is 86.2 cm³/mol. The molecule has 0 N–H and O–H groups in total. The summed E-state index contributed by atoms with van der Waals surface area (Å²) in [5.74, 6) is 1.01. The number of nitrogens with zero attached hydrogens (tertiary/aromatic N) is 1. The Morgan fingerprint density at radius 2 is 1.90 bits per heavy atom. The van der Waals surface area contributed by atoms with Crippen LogP contribution in [0.4, 0.5) is 0 Å². The van der Waals surface area contributed by atoms with Crippen LogP contribution in [0.2, 0.25) is 10.0 Å². The summed E-state index contributed by atoms with van der Waals surface area (Å²) in [6.45, 7) is 0.291. The monoisotopic (exact) mass is 385 g/mol. The summed E-state index contributed by atoms with van der Waals surface area (Å²) in [7, 11) is 1.52. The lowest BCUT2D eigenvalue weighted by molar-refractivity contribution is 0.305. The molecule has 0 spiro atoms. The second-order valence-corrected chi connectivity index (χ2v) is 5.80. The number of ether oxygens (including phenoxy) is 2. The molecule has 0 aliphatic heterocycles. The lowest BCUT2D eigenvalue weighted by Crippen LogP contribution is -1.98. The van der Waals surface area contributed by atoms with Gasteiger partial charge in [0, 0.05) is 10.5 Å². The van der Waals surface area contributed by atoms with Gasteiger partial charge in [-0.15, -0.1) is 0 Å². The first kappa shape index (κ1) is 16.0. The standard InChI is InChI=1S/C15H10BrCl2NO2/c1-20-14-4-9(2-3-10(14)7-19)8-21-15-6-12(17)11(16)5-13(15)18/h2-6H,8H2,1H3. The normalized spacial score (nSPS) is 10.0. The minimum absolute atomic E-state index is 0.291. The number of rotatable bonds is 4. The molecule has 0 amide bonds. The molecular weight excluding hydrogens is 377 g/mol. The highest BCUT2D eigenvalue weighted by Gasteiger charge is 2.08. The van der Waals surface area contributed by atoms with Gasteiger partial charge in [0.05, 0.1) is 22.7 Å². The van der Waals surface area contributed by atoms with Crippen LogP contribution in [0.25, 0.3) is 0 Å². The summed E-state index contributed by atoms with van der Waals surface area (Å²) in [6, 6.07) is 10.6. The molecule has 3 nitrogen and oxygen atoms in total. The molecule has 0 saturated carbocycles. The molecule has 0 saturated heterocycles. The highest BCUT2D eigenvalue weighted by atomic mass is 79.9. The highest BCUT2D eigenvalue weighted by Crippen LogP contribution is 2.34. The second-order valence-electron chi connectivity index (χ2n) is 4.13. The van der Waals surface area contributed by atoms with Gasteiger partial charge < -0.3 is 9.47 Å². The molecule has 0 aromatic heterocycles. The predicted octanol–water partition coefficient (Wildman–Crippen LogP) is 5.22. The fourth-order valence-electron chi connectivity index (χ4n) is 1.69. The molecule has 0 heterocycles. The van der Waals surface area contributed by atoms with Crippen LogP contribution in [-0.2, 0) is 6.61 Å². The smallest absolute Gasteiger partial charge is 0.139 e. The number of methoxy groups -OCH3 is 1. The van der Waals surface area contributed by atoms with Crippen LogP contribution in [0.3, 0.4) is 0 Å². The Bertz CT molecular complexity index is 714. The largest absolute Gasteiger partial charge is 0.495 e. The van der Waals surface area contributed by atoms with Crippen molar-refractivity contribution in [2.45, 2.75) is 6.61 Å². The molecule has 0 bridgehead atoms. The van der Waals surface area contributed by atoms with Gasteiger partial charge in [-0.25, -0.2) is 0 Å². The van der Waals surface area contributed by atoms with E-state index in [4.69, 9.17) is 37.9 Å². The van der Waals surface area contributed by atoms with Gasteiger partial charge in [0.15, 0.2) is 0 Å².